The largest absolute Gasteiger partial charge is 0.481 e. The molecule has 20 fully saturated rings. The average Bonchev–Trinajstić information content (AvgIpc) is 1.23. The van der Waals surface area contributed by atoms with Gasteiger partial charge < -0.3 is 44.5 Å². The van der Waals surface area contributed by atoms with Gasteiger partial charge in [0.15, 0.2) is 5.78 Å². The van der Waals surface area contributed by atoms with E-state index in [0.717, 1.165) is 185 Å². The van der Waals surface area contributed by atoms with Gasteiger partial charge in [-0.2, -0.15) is 0 Å². The highest BCUT2D eigenvalue weighted by molar-refractivity contribution is 5.99. The van der Waals surface area contributed by atoms with E-state index in [1.165, 1.54) is 112 Å². The molecule has 0 spiro atoms. The number of fused-ring (bicyclic) bond motifs is 25. The SMILES string of the molecule is C/C=C1/C(=O)C2C3CC[C@H]([C@H](C)CCC(=O)OC)[C@@]3(C)CCC2[C@@]2(C)CC[C@@H](O)C[C@@H]12.COC(=O)CC[C@@H](C)[C@H]1CCC2C3C(=O)C[C@@H]4C[C@H](C)CC[C@]4(C)C3CC[C@@]21C.COC(=O)CC[C@@H](C)[C@H]1CCC2C3C(=O)C[C@@H]4C[C@H](O)CC[C@]4(C)C3CC[C@@]21C.C[C@H](CCC(=O)O)[C@H]1CCC2C3C(=O)C[C@@H]4C[C@H](O)CC[C@]4(C)C3CC[C@@]21C.[2H]C(C)C1([2H])C(=O)C2C3CC[C@H]([C@H](C)CCC(=O)OC)[C@@]3(C)CCC2[C@@]2(C)CC[C@@H](O)C[C@@H]12. The van der Waals surface area contributed by atoms with Crippen LogP contribution in [0.15, 0.2) is 11.6 Å². The maximum absolute atomic E-state index is 14.2. The fraction of sp³-hybridized carbons (Fsp3) is 0.907. The molecule has 0 heterocycles. The lowest BCUT2D eigenvalue weighted by molar-refractivity contribution is -0.173. The summed E-state index contributed by atoms with van der Waals surface area (Å²) in [4.78, 5) is 126. The molecule has 0 amide bonds. The summed E-state index contributed by atoms with van der Waals surface area (Å²) < 4.78 is 37.5. The number of allylic oxidation sites excluding steroid dienone is 2. The van der Waals surface area contributed by atoms with E-state index in [-0.39, 0.29) is 150 Å². The molecular formula is C129H206O19. The number of methoxy groups -OCH3 is 4. The van der Waals surface area contributed by atoms with Crippen molar-refractivity contribution in [2.45, 2.75) is 464 Å². The van der Waals surface area contributed by atoms with Crippen molar-refractivity contribution in [1.82, 2.24) is 0 Å². The molecule has 47 atom stereocenters. The van der Waals surface area contributed by atoms with E-state index in [0.29, 0.717) is 204 Å². The van der Waals surface area contributed by atoms with Crippen LogP contribution >= 0.6 is 0 Å². The van der Waals surface area contributed by atoms with Crippen LogP contribution in [0.2, 0.25) is 0 Å². The Morgan fingerprint density at radius 2 is 0.601 bits per heavy atom. The Balaban J connectivity index is 0.000000134. The van der Waals surface area contributed by atoms with Gasteiger partial charge in [-0.15, -0.1) is 0 Å². The number of aliphatic hydroxyl groups is 4. The van der Waals surface area contributed by atoms with Crippen LogP contribution in [0.1, 0.15) is 442 Å². The van der Waals surface area contributed by atoms with Gasteiger partial charge in [-0.05, 0) is 477 Å². The summed E-state index contributed by atoms with van der Waals surface area (Å²) in [6.45, 7) is 41.8. The Labute approximate surface area is 896 Å². The van der Waals surface area contributed by atoms with E-state index in [2.05, 4.69) is 117 Å². The number of Topliss-reactive ketones (excluding diaryl/α,β-unsaturated/α-hetero) is 5. The summed E-state index contributed by atoms with van der Waals surface area (Å²) in [6.07, 6.45) is 46.1. The first-order valence-electron chi connectivity index (χ1n) is 62.2. The number of esters is 4. The zero-order chi connectivity index (χ0) is 109. The zero-order valence-corrected chi connectivity index (χ0v) is 96.3. The molecular weight excluding hydrogens is 1850 g/mol. The molecule has 0 saturated heterocycles. The third kappa shape index (κ3) is 20.8. The van der Waals surface area contributed by atoms with Crippen molar-refractivity contribution < 1.29 is 95.2 Å². The van der Waals surface area contributed by atoms with Crippen molar-refractivity contribution in [2.24, 2.45) is 243 Å². The highest BCUT2D eigenvalue weighted by Gasteiger charge is 2.71. The molecule has 20 aliphatic carbocycles. The molecule has 20 aliphatic rings. The standard InChI is InChI=1S/C27H44O4.C27H42O4.C26H42O3.C25H40O4.C24H38O4/c2*1-6-18-22-15-17(28)11-13-27(22,4)21-12-14-26(3)19(16(2)7-10-23(29)31-5)8-9-20(26)24(21)25(18)30;1-16-10-12-25(3)18(14-16)15-22(27)24-20-8-7-19(17(2)6-9-23(28)29-5)26(20,4)13-11-21(24)25;1-15(5-8-22(28)29-4)18-6-7-19-23-20(10-12-25(18,19)3)24(2)11-9-17(26)13-16(24)14-21(23)27;1-14(4-7-21(27)28)17-5-6-18-22-19(9-11-24(17,18)3)23(2)10-8-16(25)12-15(23)13-20(22)26/h16-22,24,28H,6-15H2,1-5H3;6,16-17,19-22,24,28H,7-15H2,1-5H3;16-21,24H,6-15H2,1-5H3;15-20,23,26H,5-14H2,1-4H3;14-19,22,25H,4-13H2,1-3H3,(H,27,28)/b;18-6+;;;/t16-,17-,18?,19-,20?,21?,22+,24?,26-,27-;16-,17-,19-,20?,21?,22+,24?,26-,27-;16-,17-,18+,19-,20?,21?,24?,25+,26-;15-,16+,17-,18-,19?,20?,23?,24+,25-;14-,15+,16-,17-,18?,19?,22?,23+,24-/m11111/s1/i6D,18D;;;;/t6?,16-,17-,18?,19-,20?,21?,22+,24?,26-,27-;;;;. The Kier molecular flexibility index (Phi) is 34.6. The number of carbonyl (C=O) groups excluding carboxylic acids is 9. The van der Waals surface area contributed by atoms with Crippen LogP contribution in [-0.4, -0.2) is 137 Å². The second kappa shape index (κ2) is 45.3. The van der Waals surface area contributed by atoms with Crippen LogP contribution in [0.5, 0.6) is 0 Å². The zero-order valence-electron chi connectivity index (χ0n) is 98.3. The Bertz CT molecular complexity index is 4760. The summed E-state index contributed by atoms with van der Waals surface area (Å²) in [5.74, 6) is 11.8. The molecule has 20 rings (SSSR count). The van der Waals surface area contributed by atoms with Crippen molar-refractivity contribution in [3.63, 3.8) is 0 Å². The first kappa shape index (κ1) is 113. The van der Waals surface area contributed by atoms with E-state index >= 15 is 0 Å². The molecule has 19 heteroatoms. The first-order valence-corrected chi connectivity index (χ1v) is 61.1. The average molecular weight is 2060 g/mol. The third-order valence-corrected chi connectivity index (χ3v) is 51.8. The molecule has 0 aromatic heterocycles. The predicted molar refractivity (Wildman–Crippen MR) is 577 cm³/mol. The molecule has 5 N–H and O–H groups in total. The van der Waals surface area contributed by atoms with Crippen LogP contribution in [0, 0.1) is 243 Å². The number of carboxylic acids is 1. The van der Waals surface area contributed by atoms with E-state index in [1.807, 2.05) is 6.92 Å². The maximum Gasteiger partial charge on any atom is 0.305 e. The van der Waals surface area contributed by atoms with Crippen LogP contribution in [0.4, 0.5) is 0 Å². The minimum absolute atomic E-state index is 0.00892. The minimum Gasteiger partial charge on any atom is -0.481 e. The molecule has 0 aliphatic heterocycles. The number of carbonyl (C=O) groups is 10. The molecule has 20 saturated carbocycles. The van der Waals surface area contributed by atoms with Crippen LogP contribution < -0.4 is 0 Å². The van der Waals surface area contributed by atoms with Gasteiger partial charge in [0.1, 0.15) is 23.1 Å². The third-order valence-electron chi connectivity index (χ3n) is 51.8. The monoisotopic (exact) mass is 2060 g/mol. The van der Waals surface area contributed by atoms with Gasteiger partial charge in [0.25, 0.3) is 0 Å². The molecule has 0 aromatic rings. The highest BCUT2D eigenvalue weighted by Crippen LogP contribution is 2.76. The van der Waals surface area contributed by atoms with Crippen LogP contribution in [-0.2, 0) is 66.9 Å². The summed E-state index contributed by atoms with van der Waals surface area (Å²) in [7, 11) is 5.85. The second-order valence-electron chi connectivity index (χ2n) is 57.7. The van der Waals surface area contributed by atoms with Gasteiger partial charge in [-0.25, -0.2) is 0 Å². The number of carboxylic acid groups (broad SMARTS) is 1. The Hall–Kier alpha value is -4.72. The Morgan fingerprint density at radius 1 is 0.338 bits per heavy atom. The number of aliphatic hydroxyl groups excluding tert-OH is 4. The molecule has 0 radical (unpaired) electrons. The molecule has 0 aromatic carbocycles. The fourth-order valence-corrected chi connectivity index (χ4v) is 43.4. The van der Waals surface area contributed by atoms with Crippen molar-refractivity contribution in [3.8, 4) is 0 Å². The summed E-state index contributed by atoms with van der Waals surface area (Å²) in [6, 6.07) is 0. The quantitative estimate of drug-likeness (QED) is 0.0405. The van der Waals surface area contributed by atoms with Crippen LogP contribution in [0.3, 0.4) is 0 Å². The lowest BCUT2D eigenvalue weighted by atomic mass is 9.42. The normalized spacial score (nSPS) is 48.7. The lowest BCUT2D eigenvalue weighted by Crippen LogP contribution is -2.60. The van der Waals surface area contributed by atoms with Gasteiger partial charge in [0.05, 0.1) is 52.9 Å². The van der Waals surface area contributed by atoms with Gasteiger partial charge in [-0.3, -0.25) is 47.9 Å². The molecule has 148 heavy (non-hydrogen) atoms. The first-order chi connectivity index (χ1) is 70.6. The number of aliphatic carboxylic acids is 1. The fourth-order valence-electron chi connectivity index (χ4n) is 43.4. The van der Waals surface area contributed by atoms with Gasteiger partial charge in [0.2, 0.25) is 0 Å². The number of rotatable bonds is 21. The number of hydrogen-bond donors (Lipinski definition) is 5. The van der Waals surface area contributed by atoms with E-state index in [1.54, 1.807) is 6.92 Å². The number of ether oxygens (including phenoxy) is 4. The van der Waals surface area contributed by atoms with Gasteiger partial charge in [0, 0.05) is 89.6 Å². The van der Waals surface area contributed by atoms with Crippen molar-refractivity contribution >= 4 is 58.8 Å². The van der Waals surface area contributed by atoms with Gasteiger partial charge in [-0.1, -0.05) is 130 Å². The topological polar surface area (TPSA) is 309 Å². The van der Waals surface area contributed by atoms with Crippen molar-refractivity contribution in [2.75, 3.05) is 28.4 Å². The summed E-state index contributed by atoms with van der Waals surface area (Å²) in [5.41, 5.74) is 2.72. The van der Waals surface area contributed by atoms with Crippen molar-refractivity contribution in [1.29, 1.82) is 0 Å². The number of hydrogen-bond acceptors (Lipinski definition) is 18. The highest BCUT2D eigenvalue weighted by atomic mass is 16.5. The predicted octanol–water partition coefficient (Wildman–Crippen LogP) is 26.3. The summed E-state index contributed by atoms with van der Waals surface area (Å²) in [5, 5.41) is 50.3. The smallest absolute Gasteiger partial charge is 0.305 e. The molecule has 0 bridgehead atoms. The molecule has 17 unspecified atom stereocenters. The Morgan fingerprint density at radius 3 is 0.926 bits per heavy atom. The van der Waals surface area contributed by atoms with E-state index in [4.69, 9.17) is 25.4 Å². The van der Waals surface area contributed by atoms with E-state index < -0.39 is 24.4 Å². The maximum atomic E-state index is 14.2. The van der Waals surface area contributed by atoms with E-state index in [9.17, 15) is 69.7 Å². The molecule has 19 nitrogen and oxygen atoms in total. The minimum atomic E-state index is -1.44. The van der Waals surface area contributed by atoms with Crippen molar-refractivity contribution in [3.05, 3.63) is 11.6 Å². The number of ketones is 5. The second-order valence-corrected chi connectivity index (χ2v) is 57.7. The van der Waals surface area contributed by atoms with Gasteiger partial charge >= 0.3 is 29.8 Å². The summed E-state index contributed by atoms with van der Waals surface area (Å²) >= 11 is 0. The van der Waals surface area contributed by atoms with Crippen LogP contribution in [0.25, 0.3) is 0 Å². The lowest BCUT2D eigenvalue weighted by Gasteiger charge is -2.62. The molecule has 836 valence electrons.